The molecule has 0 saturated carbocycles. The minimum atomic E-state index is -4.46. The second-order valence-electron chi connectivity index (χ2n) is 26.8. The predicted octanol–water partition coefficient (Wildman–Crippen LogP) is 24.5. The molecule has 3 unspecified atom stereocenters. The van der Waals surface area contributed by atoms with Gasteiger partial charge in [0.25, 0.3) is 0 Å². The topological polar surface area (TPSA) is 111 Å². The van der Waals surface area contributed by atoms with Crippen LogP contribution in [-0.2, 0) is 27.9 Å². The van der Waals surface area contributed by atoms with Crippen LogP contribution in [0.4, 0.5) is 0 Å². The third kappa shape index (κ3) is 69.4. The molecule has 0 rings (SSSR count). The van der Waals surface area contributed by atoms with Crippen molar-refractivity contribution in [2.45, 2.75) is 367 Å². The highest BCUT2D eigenvalue weighted by Crippen LogP contribution is 2.43. The third-order valence-corrected chi connectivity index (χ3v) is 17.8. The number of likely N-dealkylation sites (N-methyl/N-ethyl adjacent to an activating group) is 1. The smallest absolute Gasteiger partial charge is 0.456 e. The second-order valence-corrected chi connectivity index (χ2v) is 28.3. The maximum Gasteiger partial charge on any atom is 0.472 e. The lowest BCUT2D eigenvalue weighted by Crippen LogP contribution is -2.47. The number of nitrogens with one attached hydrogen (secondary N) is 1. The van der Waals surface area contributed by atoms with Gasteiger partial charge >= 0.3 is 13.8 Å². The fraction of sp³-hybridized carbons (Fsp3) is 0.797. The van der Waals surface area contributed by atoms with Crippen LogP contribution in [0.2, 0.25) is 0 Å². The van der Waals surface area contributed by atoms with E-state index in [1.165, 1.54) is 238 Å². The minimum absolute atomic E-state index is 0.0380. The zero-order chi connectivity index (χ0) is 64.9. The number of quaternary nitrogens is 1. The van der Waals surface area contributed by atoms with E-state index in [0.29, 0.717) is 17.4 Å². The number of carbonyl (C=O) groups is 2. The van der Waals surface area contributed by atoms with Gasteiger partial charge in [-0.15, -0.1) is 0 Å². The number of nitrogens with zero attached hydrogens (tertiary/aromatic N) is 1. The molecule has 0 aromatic carbocycles. The van der Waals surface area contributed by atoms with Gasteiger partial charge in [0, 0.05) is 12.8 Å². The summed E-state index contributed by atoms with van der Waals surface area (Å²) in [6.07, 6.45) is 91.7. The third-order valence-electron chi connectivity index (χ3n) is 16.8. The summed E-state index contributed by atoms with van der Waals surface area (Å²) in [7, 11) is 1.50. The molecule has 10 heteroatoms. The van der Waals surface area contributed by atoms with Crippen molar-refractivity contribution in [3.05, 3.63) is 85.1 Å². The van der Waals surface area contributed by atoms with E-state index in [9.17, 15) is 19.0 Å². The summed E-state index contributed by atoms with van der Waals surface area (Å²) in [5, 5.41) is 3.08. The Balaban J connectivity index is 5.04. The van der Waals surface area contributed by atoms with Crippen molar-refractivity contribution < 1.29 is 37.3 Å². The normalized spacial score (nSPS) is 13.9. The van der Waals surface area contributed by atoms with E-state index in [-0.39, 0.29) is 31.5 Å². The van der Waals surface area contributed by atoms with E-state index in [1.807, 2.05) is 33.3 Å². The van der Waals surface area contributed by atoms with Crippen molar-refractivity contribution in [3.63, 3.8) is 0 Å². The molecule has 0 fully saturated rings. The molecule has 89 heavy (non-hydrogen) atoms. The fourth-order valence-electron chi connectivity index (χ4n) is 11.0. The maximum absolute atomic E-state index is 13.7. The summed E-state index contributed by atoms with van der Waals surface area (Å²) in [4.78, 5) is 38.0. The average Bonchev–Trinajstić information content (AvgIpc) is 3.67. The van der Waals surface area contributed by atoms with Gasteiger partial charge in [-0.2, -0.15) is 0 Å². The Morgan fingerprint density at radius 2 is 0.685 bits per heavy atom. The standard InChI is InChI=1S/C79H145N2O7P/c1-7-10-13-16-19-22-25-28-30-32-34-36-38-40-42-44-46-48-50-53-56-59-62-65-68-71-78(82)80-76(75-87-89(84,85)86-74-73-81(4,5)6)77(70-67-64-61-58-55-52-27-24-21-18-15-12-9-3)88-79(83)72-69-66-63-60-57-54-51-49-47-45-43-41-39-37-35-33-31-29-26-23-20-17-14-11-8-2/h19-20,22-23,28-31,34-37,67,70,76-77H,7-18,21,24-27,32-33,38-66,68-69,71-75H2,1-6H3,(H-,80,82,84,85)/p+1/b22-19-,23-20-,30-28-,31-29-,36-34-,37-35-,70-67+. The van der Waals surface area contributed by atoms with E-state index in [2.05, 4.69) is 99.0 Å². The molecule has 0 spiro atoms. The molecule has 0 bridgehead atoms. The summed E-state index contributed by atoms with van der Waals surface area (Å²) in [5.41, 5.74) is 0. The van der Waals surface area contributed by atoms with Crippen LogP contribution < -0.4 is 5.32 Å². The summed E-state index contributed by atoms with van der Waals surface area (Å²) >= 11 is 0. The number of esters is 1. The van der Waals surface area contributed by atoms with Crippen molar-refractivity contribution in [3.8, 4) is 0 Å². The van der Waals surface area contributed by atoms with Gasteiger partial charge in [-0.3, -0.25) is 18.6 Å². The Hall–Kier alpha value is -2.81. The van der Waals surface area contributed by atoms with Gasteiger partial charge in [0.2, 0.25) is 5.91 Å². The van der Waals surface area contributed by atoms with Crippen LogP contribution in [0.1, 0.15) is 355 Å². The Kier molecular flexibility index (Phi) is 65.9. The number of allylic oxidation sites excluding steroid dienone is 13. The number of amides is 1. The van der Waals surface area contributed by atoms with Crippen LogP contribution in [0.25, 0.3) is 0 Å². The first-order valence-electron chi connectivity index (χ1n) is 37.9. The van der Waals surface area contributed by atoms with Gasteiger partial charge < -0.3 is 19.4 Å². The number of rotatable bonds is 69. The lowest BCUT2D eigenvalue weighted by Gasteiger charge is -2.27. The van der Waals surface area contributed by atoms with Crippen LogP contribution in [-0.4, -0.2) is 74.3 Å². The SMILES string of the molecule is CCCCC/C=C\C/C=C\C/C=C\CCCCCCCCCCCCCCC(=O)NC(COP(=O)(O)OCC[N+](C)(C)C)C(/C=C/CCCCCCCCCCCCC)OC(=O)CCCCCCCCCCCCCC/C=C\C/C=C\C/C=C\CCCCC. The first kappa shape index (κ1) is 86.2. The molecule has 3 atom stereocenters. The summed E-state index contributed by atoms with van der Waals surface area (Å²) in [6, 6.07) is -0.855. The zero-order valence-corrected chi connectivity index (χ0v) is 60.3. The molecule has 1 amide bonds. The molecule has 2 N–H and O–H groups in total. The monoisotopic (exact) mass is 1270 g/mol. The van der Waals surface area contributed by atoms with Gasteiger partial charge in [0.1, 0.15) is 19.3 Å². The largest absolute Gasteiger partial charge is 0.472 e. The molecule has 518 valence electrons. The van der Waals surface area contributed by atoms with Crippen LogP contribution in [0.5, 0.6) is 0 Å². The van der Waals surface area contributed by atoms with Gasteiger partial charge in [-0.05, 0) is 109 Å². The number of hydrogen-bond acceptors (Lipinski definition) is 6. The highest BCUT2D eigenvalue weighted by Gasteiger charge is 2.30. The van der Waals surface area contributed by atoms with Crippen LogP contribution in [0, 0.1) is 0 Å². The quantitative estimate of drug-likeness (QED) is 0.0205. The van der Waals surface area contributed by atoms with Crippen LogP contribution >= 0.6 is 7.82 Å². The van der Waals surface area contributed by atoms with E-state index < -0.39 is 20.0 Å². The Labute approximate surface area is 552 Å². The Morgan fingerprint density at radius 3 is 1.04 bits per heavy atom. The van der Waals surface area contributed by atoms with E-state index >= 15 is 0 Å². The highest BCUT2D eigenvalue weighted by molar-refractivity contribution is 7.47. The first-order valence-corrected chi connectivity index (χ1v) is 39.4. The Morgan fingerprint density at radius 1 is 0.393 bits per heavy atom. The van der Waals surface area contributed by atoms with Crippen molar-refractivity contribution in [1.29, 1.82) is 0 Å². The highest BCUT2D eigenvalue weighted by atomic mass is 31.2. The van der Waals surface area contributed by atoms with Gasteiger partial charge in [0.15, 0.2) is 0 Å². The number of phosphoric ester groups is 1. The molecular formula is C79H146N2O7P+. The number of unbranched alkanes of at least 4 members (excludes halogenated alkanes) is 41. The number of carbonyl (C=O) groups excluding carboxylic acids is 2. The molecule has 0 aliphatic rings. The zero-order valence-electron chi connectivity index (χ0n) is 59.4. The summed E-state index contributed by atoms with van der Waals surface area (Å²) in [6.45, 7) is 7.00. The van der Waals surface area contributed by atoms with E-state index in [4.69, 9.17) is 13.8 Å². The predicted molar refractivity (Wildman–Crippen MR) is 388 cm³/mol. The van der Waals surface area contributed by atoms with Gasteiger partial charge in [0.05, 0.1) is 33.8 Å². The maximum atomic E-state index is 13.7. The summed E-state index contributed by atoms with van der Waals surface area (Å²) in [5.74, 6) is -0.498. The molecule has 0 radical (unpaired) electrons. The van der Waals surface area contributed by atoms with E-state index in [1.54, 1.807) is 0 Å². The average molecular weight is 1270 g/mol. The van der Waals surface area contributed by atoms with Crippen LogP contribution in [0.15, 0.2) is 85.1 Å². The second kappa shape index (κ2) is 68.1. The molecule has 0 aromatic rings. The number of ether oxygens (including phenoxy) is 1. The minimum Gasteiger partial charge on any atom is -0.456 e. The lowest BCUT2D eigenvalue weighted by molar-refractivity contribution is -0.870. The first-order chi connectivity index (χ1) is 43.4. The van der Waals surface area contributed by atoms with Gasteiger partial charge in [-0.1, -0.05) is 318 Å². The van der Waals surface area contributed by atoms with Crippen molar-refractivity contribution in [2.75, 3.05) is 40.9 Å². The molecule has 0 heterocycles. The molecular weight excluding hydrogens is 1120 g/mol. The van der Waals surface area contributed by atoms with E-state index in [0.717, 1.165) is 83.5 Å². The van der Waals surface area contributed by atoms with Crippen molar-refractivity contribution >= 4 is 19.7 Å². The van der Waals surface area contributed by atoms with Crippen LogP contribution in [0.3, 0.4) is 0 Å². The Bertz CT molecular complexity index is 1800. The van der Waals surface area contributed by atoms with Gasteiger partial charge in [-0.25, -0.2) is 4.57 Å². The lowest BCUT2D eigenvalue weighted by atomic mass is 10.0. The summed E-state index contributed by atoms with van der Waals surface area (Å²) < 4.78 is 30.9. The molecule has 0 aromatic heterocycles. The number of phosphoric acid groups is 1. The molecule has 0 saturated heterocycles. The number of hydrogen-bond donors (Lipinski definition) is 2. The van der Waals surface area contributed by atoms with Crippen molar-refractivity contribution in [2.24, 2.45) is 0 Å². The molecule has 0 aliphatic carbocycles. The molecule has 9 nitrogen and oxygen atoms in total. The molecule has 0 aliphatic heterocycles. The van der Waals surface area contributed by atoms with Crippen molar-refractivity contribution in [1.82, 2.24) is 5.32 Å². The fourth-order valence-corrected chi connectivity index (χ4v) is 11.7.